The van der Waals surface area contributed by atoms with Gasteiger partial charge in [0.05, 0.1) is 13.2 Å². The van der Waals surface area contributed by atoms with Gasteiger partial charge < -0.3 is 20.7 Å². The van der Waals surface area contributed by atoms with E-state index in [2.05, 4.69) is 28.1 Å². The van der Waals surface area contributed by atoms with E-state index in [9.17, 15) is 9.59 Å². The van der Waals surface area contributed by atoms with E-state index in [1.165, 1.54) is 5.56 Å². The first-order chi connectivity index (χ1) is 15.1. The normalized spacial score (nSPS) is 10.2. The predicted octanol–water partition coefficient (Wildman–Crippen LogP) is 4.71. The largest absolute Gasteiger partial charge is 0.493 e. The van der Waals surface area contributed by atoms with Gasteiger partial charge in [0.1, 0.15) is 5.75 Å². The van der Waals surface area contributed by atoms with Gasteiger partial charge in [-0.25, -0.2) is 0 Å². The molecule has 6 heteroatoms. The molecule has 31 heavy (non-hydrogen) atoms. The van der Waals surface area contributed by atoms with Crippen LogP contribution in [0, 0.1) is 0 Å². The second-order valence-corrected chi connectivity index (χ2v) is 6.99. The number of nitrogens with one attached hydrogen (secondary N) is 3. The zero-order chi connectivity index (χ0) is 21.9. The highest BCUT2D eigenvalue weighted by atomic mass is 16.5. The Bertz CT molecular complexity index is 971. The van der Waals surface area contributed by atoms with Crippen LogP contribution in [0.2, 0.25) is 0 Å². The zero-order valence-electron chi connectivity index (χ0n) is 17.6. The van der Waals surface area contributed by atoms with E-state index in [-0.39, 0.29) is 18.4 Å². The van der Waals surface area contributed by atoms with E-state index in [4.69, 9.17) is 4.74 Å². The molecule has 3 N–H and O–H groups in total. The van der Waals surface area contributed by atoms with Crippen LogP contribution in [0.5, 0.6) is 5.75 Å². The van der Waals surface area contributed by atoms with Crippen LogP contribution in [0.15, 0.2) is 78.9 Å². The molecule has 0 atom stereocenters. The minimum Gasteiger partial charge on any atom is -0.493 e. The second-order valence-electron chi connectivity index (χ2n) is 6.99. The summed E-state index contributed by atoms with van der Waals surface area (Å²) >= 11 is 0. The minimum atomic E-state index is -0.159. The van der Waals surface area contributed by atoms with Gasteiger partial charge in [0, 0.05) is 29.9 Å². The van der Waals surface area contributed by atoms with Gasteiger partial charge in [0.2, 0.25) is 11.8 Å². The van der Waals surface area contributed by atoms with Crippen molar-refractivity contribution < 1.29 is 14.3 Å². The lowest BCUT2D eigenvalue weighted by atomic mass is 10.2. The number of amides is 2. The molecule has 0 heterocycles. The molecule has 2 amide bonds. The van der Waals surface area contributed by atoms with Gasteiger partial charge in [0.15, 0.2) is 0 Å². The summed E-state index contributed by atoms with van der Waals surface area (Å²) in [6.07, 6.45) is 1.28. The number of hydrogen-bond donors (Lipinski definition) is 3. The summed E-state index contributed by atoms with van der Waals surface area (Å²) in [6, 6.07) is 24.8. The summed E-state index contributed by atoms with van der Waals surface area (Å²) in [7, 11) is 0. The van der Waals surface area contributed by atoms with Gasteiger partial charge in [-0.1, -0.05) is 37.3 Å². The fourth-order valence-corrected chi connectivity index (χ4v) is 2.87. The zero-order valence-corrected chi connectivity index (χ0v) is 17.6. The van der Waals surface area contributed by atoms with E-state index >= 15 is 0 Å². The number of rotatable bonds is 10. The third-order valence-electron chi connectivity index (χ3n) is 4.58. The maximum absolute atomic E-state index is 12.2. The first kappa shape index (κ1) is 21.9. The number of carbonyl (C=O) groups is 2. The molecule has 0 aromatic heterocycles. The third-order valence-corrected chi connectivity index (χ3v) is 4.58. The highest BCUT2D eigenvalue weighted by Crippen LogP contribution is 2.17. The van der Waals surface area contributed by atoms with Gasteiger partial charge in [0.25, 0.3) is 0 Å². The van der Waals surface area contributed by atoms with Crippen LogP contribution < -0.4 is 20.7 Å². The molecule has 0 unspecified atom stereocenters. The summed E-state index contributed by atoms with van der Waals surface area (Å²) in [5.41, 5.74) is 3.45. The van der Waals surface area contributed by atoms with Crippen molar-refractivity contribution in [1.82, 2.24) is 0 Å². The smallest absolute Gasteiger partial charge is 0.243 e. The number of ether oxygens (including phenoxy) is 1. The van der Waals surface area contributed by atoms with Crippen molar-refractivity contribution >= 4 is 28.9 Å². The molecular formula is C25H27N3O3. The average molecular weight is 418 g/mol. The Balaban J connectivity index is 1.39. The van der Waals surface area contributed by atoms with E-state index in [1.807, 2.05) is 42.5 Å². The first-order valence-electron chi connectivity index (χ1n) is 10.3. The summed E-state index contributed by atoms with van der Waals surface area (Å²) < 4.78 is 5.78. The SMILES string of the molecule is CCC(=O)Nc1ccc(NC(=O)CNc2ccc(OCCc3ccccc3)cc2)cc1. The molecule has 3 rings (SSSR count). The second kappa shape index (κ2) is 11.4. The van der Waals surface area contributed by atoms with Crippen LogP contribution in [-0.2, 0) is 16.0 Å². The molecule has 0 aliphatic rings. The number of benzene rings is 3. The Morgan fingerprint density at radius 2 is 1.32 bits per heavy atom. The fraction of sp³-hybridized carbons (Fsp3) is 0.200. The Morgan fingerprint density at radius 3 is 1.94 bits per heavy atom. The molecule has 0 fully saturated rings. The van der Waals surface area contributed by atoms with Gasteiger partial charge in [-0.15, -0.1) is 0 Å². The van der Waals surface area contributed by atoms with Crippen LogP contribution in [0.1, 0.15) is 18.9 Å². The van der Waals surface area contributed by atoms with Crippen LogP contribution in [0.25, 0.3) is 0 Å². The average Bonchev–Trinajstić information content (AvgIpc) is 2.80. The topological polar surface area (TPSA) is 79.5 Å². The minimum absolute atomic E-state index is 0.0476. The Kier molecular flexibility index (Phi) is 8.05. The maximum Gasteiger partial charge on any atom is 0.243 e. The molecule has 160 valence electrons. The van der Waals surface area contributed by atoms with Crippen molar-refractivity contribution in [1.29, 1.82) is 0 Å². The quantitative estimate of drug-likeness (QED) is 0.446. The van der Waals surface area contributed by atoms with Crippen molar-refractivity contribution in [3.63, 3.8) is 0 Å². The molecule has 0 saturated heterocycles. The van der Waals surface area contributed by atoms with Crippen LogP contribution in [0.4, 0.5) is 17.1 Å². The van der Waals surface area contributed by atoms with E-state index in [0.29, 0.717) is 24.4 Å². The number of carbonyl (C=O) groups excluding carboxylic acids is 2. The van der Waals surface area contributed by atoms with Crippen LogP contribution in [0.3, 0.4) is 0 Å². The van der Waals surface area contributed by atoms with Gasteiger partial charge in [-0.2, -0.15) is 0 Å². The Labute approximate surface area is 182 Å². The first-order valence-corrected chi connectivity index (χ1v) is 10.3. The standard InChI is InChI=1S/C25H27N3O3/c1-2-24(29)27-21-8-10-22(11-9-21)28-25(30)18-26-20-12-14-23(15-13-20)31-17-16-19-6-4-3-5-7-19/h3-15,26H,2,16-18H2,1H3,(H,27,29)(H,28,30). The molecule has 0 spiro atoms. The Morgan fingerprint density at radius 1 is 0.742 bits per heavy atom. The molecule has 0 aliphatic carbocycles. The van der Waals surface area contributed by atoms with Gasteiger partial charge >= 0.3 is 0 Å². The van der Waals surface area contributed by atoms with E-state index in [0.717, 1.165) is 17.9 Å². The van der Waals surface area contributed by atoms with Crippen molar-refractivity contribution in [2.45, 2.75) is 19.8 Å². The third kappa shape index (κ3) is 7.51. The lowest BCUT2D eigenvalue weighted by Crippen LogP contribution is -2.21. The molecule has 3 aromatic carbocycles. The fourth-order valence-electron chi connectivity index (χ4n) is 2.87. The lowest BCUT2D eigenvalue weighted by Gasteiger charge is -2.10. The van der Waals surface area contributed by atoms with Crippen molar-refractivity contribution in [3.8, 4) is 5.75 Å². The maximum atomic E-state index is 12.2. The highest BCUT2D eigenvalue weighted by Gasteiger charge is 2.04. The summed E-state index contributed by atoms with van der Waals surface area (Å²) in [5.74, 6) is 0.586. The number of anilines is 3. The lowest BCUT2D eigenvalue weighted by molar-refractivity contribution is -0.116. The Hall–Kier alpha value is -3.80. The molecule has 0 radical (unpaired) electrons. The molecule has 0 bridgehead atoms. The predicted molar refractivity (Wildman–Crippen MR) is 125 cm³/mol. The summed E-state index contributed by atoms with van der Waals surface area (Å²) in [4.78, 5) is 23.6. The monoisotopic (exact) mass is 417 g/mol. The summed E-state index contributed by atoms with van der Waals surface area (Å²) in [5, 5.41) is 8.69. The number of hydrogen-bond acceptors (Lipinski definition) is 4. The van der Waals surface area contributed by atoms with Crippen molar-refractivity contribution in [3.05, 3.63) is 84.4 Å². The summed E-state index contributed by atoms with van der Waals surface area (Å²) in [6.45, 7) is 2.55. The molecular weight excluding hydrogens is 390 g/mol. The highest BCUT2D eigenvalue weighted by molar-refractivity contribution is 5.94. The molecule has 0 aliphatic heterocycles. The van der Waals surface area contributed by atoms with Crippen molar-refractivity contribution in [2.24, 2.45) is 0 Å². The van der Waals surface area contributed by atoms with Crippen LogP contribution in [-0.4, -0.2) is 25.0 Å². The van der Waals surface area contributed by atoms with Crippen LogP contribution >= 0.6 is 0 Å². The van der Waals surface area contributed by atoms with Gasteiger partial charge in [-0.3, -0.25) is 9.59 Å². The van der Waals surface area contributed by atoms with Crippen molar-refractivity contribution in [2.75, 3.05) is 29.1 Å². The van der Waals surface area contributed by atoms with Gasteiger partial charge in [-0.05, 0) is 54.1 Å². The van der Waals surface area contributed by atoms with E-state index in [1.54, 1.807) is 31.2 Å². The molecule has 3 aromatic rings. The molecule has 6 nitrogen and oxygen atoms in total. The van der Waals surface area contributed by atoms with E-state index < -0.39 is 0 Å². The molecule has 0 saturated carbocycles.